The van der Waals surface area contributed by atoms with Gasteiger partial charge in [-0.05, 0) is 47.9 Å². The fourth-order valence-electron chi connectivity index (χ4n) is 4.81. The molecule has 2 amide bonds. The third kappa shape index (κ3) is 5.55. The standard InChI is InChI=1S/C26H30N2O4/c29-24(28-15-14-20-8-4-5-9-23(20)17-28)18-32-25(30)16-27-26(31)22-12-10-21(11-13-22)19-6-2-1-3-7-19/h1-3,6-7,10-13,20,23H,4-5,8-9,14-18H2,(H,27,31)/t20-,23+/m1/s1. The number of esters is 1. The molecule has 6 nitrogen and oxygen atoms in total. The number of rotatable bonds is 6. The van der Waals surface area contributed by atoms with Gasteiger partial charge in [0.1, 0.15) is 6.54 Å². The number of benzene rings is 2. The molecule has 0 aromatic heterocycles. The highest BCUT2D eigenvalue weighted by atomic mass is 16.5. The lowest BCUT2D eigenvalue weighted by molar-refractivity contribution is -0.152. The van der Waals surface area contributed by atoms with Crippen molar-refractivity contribution in [3.63, 3.8) is 0 Å². The SMILES string of the molecule is O=C(CNC(=O)c1ccc(-c2ccccc2)cc1)OCC(=O)N1CC[C@H]2CCCC[C@H]2C1. The van der Waals surface area contributed by atoms with E-state index in [1.165, 1.54) is 25.7 Å². The summed E-state index contributed by atoms with van der Waals surface area (Å²) in [6.07, 6.45) is 6.05. The first kappa shape index (κ1) is 22.1. The molecular weight excluding hydrogens is 404 g/mol. The fourth-order valence-corrected chi connectivity index (χ4v) is 4.81. The van der Waals surface area contributed by atoms with Gasteiger partial charge in [0.2, 0.25) is 0 Å². The van der Waals surface area contributed by atoms with E-state index in [1.54, 1.807) is 12.1 Å². The number of piperidine rings is 1. The summed E-state index contributed by atoms with van der Waals surface area (Å²) < 4.78 is 5.11. The minimum atomic E-state index is -0.611. The average molecular weight is 435 g/mol. The lowest BCUT2D eigenvalue weighted by Gasteiger charge is -2.41. The minimum Gasteiger partial charge on any atom is -0.454 e. The number of carbonyl (C=O) groups is 3. The van der Waals surface area contributed by atoms with Crippen LogP contribution in [0.5, 0.6) is 0 Å². The summed E-state index contributed by atoms with van der Waals surface area (Å²) >= 11 is 0. The van der Waals surface area contributed by atoms with Crippen LogP contribution in [-0.2, 0) is 14.3 Å². The van der Waals surface area contributed by atoms with Crippen LogP contribution in [0.3, 0.4) is 0 Å². The normalized spacial score (nSPS) is 20.2. The van der Waals surface area contributed by atoms with Crippen LogP contribution in [-0.4, -0.2) is 48.9 Å². The molecule has 1 saturated carbocycles. The van der Waals surface area contributed by atoms with E-state index in [0.717, 1.165) is 36.6 Å². The molecule has 2 aromatic rings. The zero-order valence-electron chi connectivity index (χ0n) is 18.3. The minimum absolute atomic E-state index is 0.148. The van der Waals surface area contributed by atoms with Crippen molar-refractivity contribution in [2.24, 2.45) is 11.8 Å². The van der Waals surface area contributed by atoms with Gasteiger partial charge in [0, 0.05) is 18.7 Å². The number of likely N-dealkylation sites (tertiary alicyclic amines) is 1. The summed E-state index contributed by atoms with van der Waals surface area (Å²) in [5, 5.41) is 2.56. The van der Waals surface area contributed by atoms with Crippen molar-refractivity contribution < 1.29 is 19.1 Å². The quantitative estimate of drug-likeness (QED) is 0.704. The summed E-state index contributed by atoms with van der Waals surface area (Å²) in [5.74, 6) is 0.217. The first-order valence-electron chi connectivity index (χ1n) is 11.5. The highest BCUT2D eigenvalue weighted by Gasteiger charge is 2.33. The van der Waals surface area contributed by atoms with Crippen LogP contribution >= 0.6 is 0 Å². The second-order valence-corrected chi connectivity index (χ2v) is 8.72. The molecule has 1 saturated heterocycles. The third-order valence-corrected chi connectivity index (χ3v) is 6.65. The molecule has 2 fully saturated rings. The van der Waals surface area contributed by atoms with Crippen molar-refractivity contribution in [1.82, 2.24) is 10.2 Å². The molecule has 0 spiro atoms. The Kier molecular flexibility index (Phi) is 7.20. The molecule has 6 heteroatoms. The van der Waals surface area contributed by atoms with Gasteiger partial charge in [0.05, 0.1) is 0 Å². The Morgan fingerprint density at radius 2 is 1.56 bits per heavy atom. The number of carbonyl (C=O) groups excluding carboxylic acids is 3. The summed E-state index contributed by atoms with van der Waals surface area (Å²) in [7, 11) is 0. The first-order chi connectivity index (χ1) is 15.6. The zero-order valence-corrected chi connectivity index (χ0v) is 18.3. The molecule has 2 aliphatic rings. The first-order valence-corrected chi connectivity index (χ1v) is 11.5. The molecule has 0 unspecified atom stereocenters. The van der Waals surface area contributed by atoms with Crippen molar-refractivity contribution >= 4 is 17.8 Å². The Balaban J connectivity index is 1.19. The zero-order chi connectivity index (χ0) is 22.3. The summed E-state index contributed by atoms with van der Waals surface area (Å²) in [6.45, 7) is 0.985. The van der Waals surface area contributed by atoms with Gasteiger partial charge in [-0.1, -0.05) is 61.7 Å². The highest BCUT2D eigenvalue weighted by molar-refractivity contribution is 5.96. The molecule has 1 aliphatic carbocycles. The maximum Gasteiger partial charge on any atom is 0.325 e. The van der Waals surface area contributed by atoms with E-state index in [9.17, 15) is 14.4 Å². The van der Waals surface area contributed by atoms with Crippen molar-refractivity contribution in [3.8, 4) is 11.1 Å². The second kappa shape index (κ2) is 10.4. The molecule has 2 atom stereocenters. The van der Waals surface area contributed by atoms with E-state index in [-0.39, 0.29) is 25.0 Å². The molecule has 2 aromatic carbocycles. The van der Waals surface area contributed by atoms with E-state index in [2.05, 4.69) is 5.32 Å². The fraction of sp³-hybridized carbons (Fsp3) is 0.423. The molecule has 32 heavy (non-hydrogen) atoms. The van der Waals surface area contributed by atoms with Crippen LogP contribution in [0.15, 0.2) is 54.6 Å². The number of hydrogen-bond donors (Lipinski definition) is 1. The molecule has 1 aliphatic heterocycles. The number of nitrogens with zero attached hydrogens (tertiary/aromatic N) is 1. The molecule has 0 bridgehead atoms. The van der Waals surface area contributed by atoms with Crippen LogP contribution < -0.4 is 5.32 Å². The van der Waals surface area contributed by atoms with Crippen molar-refractivity contribution in [3.05, 3.63) is 60.2 Å². The van der Waals surface area contributed by atoms with Gasteiger partial charge in [-0.3, -0.25) is 14.4 Å². The Labute approximate surface area is 188 Å². The number of hydrogen-bond acceptors (Lipinski definition) is 4. The van der Waals surface area contributed by atoms with E-state index in [1.807, 2.05) is 47.4 Å². The van der Waals surface area contributed by atoms with Crippen molar-refractivity contribution in [2.45, 2.75) is 32.1 Å². The Bertz CT molecular complexity index is 942. The lowest BCUT2D eigenvalue weighted by Crippen LogP contribution is -2.46. The Morgan fingerprint density at radius 1 is 0.875 bits per heavy atom. The smallest absolute Gasteiger partial charge is 0.325 e. The van der Waals surface area contributed by atoms with E-state index in [4.69, 9.17) is 4.74 Å². The van der Waals surface area contributed by atoms with Crippen LogP contribution in [0.25, 0.3) is 11.1 Å². The molecule has 1 N–H and O–H groups in total. The molecular formula is C26H30N2O4. The van der Waals surface area contributed by atoms with Crippen LogP contribution in [0.1, 0.15) is 42.5 Å². The maximum atomic E-state index is 12.4. The van der Waals surface area contributed by atoms with E-state index < -0.39 is 5.97 Å². The Morgan fingerprint density at radius 3 is 2.31 bits per heavy atom. The van der Waals surface area contributed by atoms with Crippen LogP contribution in [0.4, 0.5) is 0 Å². The third-order valence-electron chi connectivity index (χ3n) is 6.65. The number of fused-ring (bicyclic) bond motifs is 1. The lowest BCUT2D eigenvalue weighted by atomic mass is 9.75. The maximum absolute atomic E-state index is 12.4. The molecule has 0 radical (unpaired) electrons. The highest BCUT2D eigenvalue weighted by Crippen LogP contribution is 2.36. The largest absolute Gasteiger partial charge is 0.454 e. The summed E-state index contributed by atoms with van der Waals surface area (Å²) in [5.41, 5.74) is 2.54. The summed E-state index contributed by atoms with van der Waals surface area (Å²) in [6, 6.07) is 17.1. The van der Waals surface area contributed by atoms with Gasteiger partial charge in [-0.25, -0.2) is 0 Å². The average Bonchev–Trinajstić information content (AvgIpc) is 2.86. The van der Waals surface area contributed by atoms with Crippen LogP contribution in [0, 0.1) is 11.8 Å². The molecule has 4 rings (SSSR count). The van der Waals surface area contributed by atoms with Gasteiger partial charge in [-0.2, -0.15) is 0 Å². The van der Waals surface area contributed by atoms with E-state index >= 15 is 0 Å². The molecule has 168 valence electrons. The topological polar surface area (TPSA) is 75.7 Å². The van der Waals surface area contributed by atoms with Gasteiger partial charge in [0.15, 0.2) is 6.61 Å². The Hall–Kier alpha value is -3.15. The van der Waals surface area contributed by atoms with Crippen LogP contribution in [0.2, 0.25) is 0 Å². The van der Waals surface area contributed by atoms with Gasteiger partial charge >= 0.3 is 5.97 Å². The van der Waals surface area contributed by atoms with Gasteiger partial charge in [0.25, 0.3) is 11.8 Å². The van der Waals surface area contributed by atoms with Crippen molar-refractivity contribution in [2.75, 3.05) is 26.2 Å². The van der Waals surface area contributed by atoms with E-state index in [0.29, 0.717) is 11.5 Å². The number of ether oxygens (including phenoxy) is 1. The van der Waals surface area contributed by atoms with Gasteiger partial charge < -0.3 is 15.0 Å². The predicted molar refractivity (Wildman–Crippen MR) is 122 cm³/mol. The van der Waals surface area contributed by atoms with Gasteiger partial charge in [-0.15, -0.1) is 0 Å². The molecule has 1 heterocycles. The second-order valence-electron chi connectivity index (χ2n) is 8.72. The number of amides is 2. The van der Waals surface area contributed by atoms with Crippen molar-refractivity contribution in [1.29, 1.82) is 0 Å². The summed E-state index contributed by atoms with van der Waals surface area (Å²) in [4.78, 5) is 38.6. The monoisotopic (exact) mass is 434 g/mol. The predicted octanol–water partition coefficient (Wildman–Crippen LogP) is 3.67. The number of nitrogens with one attached hydrogen (secondary N) is 1.